The van der Waals surface area contributed by atoms with Gasteiger partial charge in [0.2, 0.25) is 0 Å². The van der Waals surface area contributed by atoms with E-state index in [4.69, 9.17) is 0 Å². The van der Waals surface area contributed by atoms with Gasteiger partial charge in [-0.25, -0.2) is 0 Å². The van der Waals surface area contributed by atoms with Gasteiger partial charge in [-0.3, -0.25) is 4.79 Å². The van der Waals surface area contributed by atoms with Crippen molar-refractivity contribution < 1.29 is 30.3 Å². The van der Waals surface area contributed by atoms with Crippen LogP contribution in [0.4, 0.5) is 0 Å². The molecule has 0 rings (SSSR count). The fraction of sp³-hybridized carbons (Fsp3) is 0.719. The molecule has 0 aromatic rings. The topological polar surface area (TPSA) is 118 Å². The molecule has 0 aliphatic heterocycles. The third-order valence-corrected chi connectivity index (χ3v) is 7.37. The Kier molecular flexibility index (Phi) is 16.3. The lowest BCUT2D eigenvalue weighted by Gasteiger charge is -2.41. The van der Waals surface area contributed by atoms with Crippen molar-refractivity contribution >= 4 is 5.97 Å². The van der Waals surface area contributed by atoms with Crippen molar-refractivity contribution in [3.8, 4) is 0 Å². The molecule has 6 heteroatoms. The summed E-state index contributed by atoms with van der Waals surface area (Å²) in [6.45, 7) is 14.9. The highest BCUT2D eigenvalue weighted by Gasteiger charge is 2.47. The van der Waals surface area contributed by atoms with Crippen LogP contribution in [0.1, 0.15) is 126 Å². The molecule has 3 atom stereocenters. The van der Waals surface area contributed by atoms with Crippen LogP contribution in [0.2, 0.25) is 0 Å². The van der Waals surface area contributed by atoms with Crippen molar-refractivity contribution in [2.24, 2.45) is 0 Å². The van der Waals surface area contributed by atoms with Gasteiger partial charge in [0.15, 0.2) is 0 Å². The van der Waals surface area contributed by atoms with Crippen molar-refractivity contribution in [1.82, 2.24) is 0 Å². The van der Waals surface area contributed by atoms with E-state index in [0.717, 1.165) is 44.1 Å². The van der Waals surface area contributed by atoms with Crippen LogP contribution in [0.5, 0.6) is 0 Å². The Balaban J connectivity index is 4.84. The second-order valence-electron chi connectivity index (χ2n) is 12.2. The van der Waals surface area contributed by atoms with Crippen LogP contribution >= 0.6 is 0 Å². The minimum atomic E-state index is -1.86. The van der Waals surface area contributed by atoms with Gasteiger partial charge in [-0.05, 0) is 120 Å². The third-order valence-electron chi connectivity index (χ3n) is 7.37. The van der Waals surface area contributed by atoms with Gasteiger partial charge in [0, 0.05) is 0 Å². The molecule has 5 N–H and O–H groups in total. The minimum Gasteiger partial charge on any atom is -0.481 e. The number of unbranched alkanes of at least 4 members (excludes halogenated alkanes) is 1. The Bertz CT molecular complexity index is 837. The smallest absolute Gasteiger partial charge is 0.306 e. The van der Waals surface area contributed by atoms with Gasteiger partial charge in [0.1, 0.15) is 5.60 Å². The zero-order valence-electron chi connectivity index (χ0n) is 25.3. The number of hydrogen-bond donors (Lipinski definition) is 5. The van der Waals surface area contributed by atoms with E-state index >= 15 is 0 Å². The van der Waals surface area contributed by atoms with Gasteiger partial charge < -0.3 is 25.5 Å². The first kappa shape index (κ1) is 36.3. The molecule has 0 amide bonds. The summed E-state index contributed by atoms with van der Waals surface area (Å²) >= 11 is 0. The zero-order chi connectivity index (χ0) is 29.6. The maximum absolute atomic E-state index is 11.5. The Labute approximate surface area is 231 Å². The van der Waals surface area contributed by atoms with E-state index in [2.05, 4.69) is 52.0 Å². The van der Waals surface area contributed by atoms with Crippen LogP contribution in [0, 0.1) is 0 Å². The zero-order valence-corrected chi connectivity index (χ0v) is 25.3. The highest BCUT2D eigenvalue weighted by molar-refractivity contribution is 5.68. The summed E-state index contributed by atoms with van der Waals surface area (Å²) < 4.78 is 0. The Morgan fingerprint density at radius 1 is 0.711 bits per heavy atom. The summed E-state index contributed by atoms with van der Waals surface area (Å²) in [5.74, 6) is -1.20. The molecule has 0 aliphatic rings. The lowest BCUT2D eigenvalue weighted by atomic mass is 9.74. The number of hydrogen-bond acceptors (Lipinski definition) is 5. The molecule has 6 nitrogen and oxygen atoms in total. The molecule has 0 spiro atoms. The summed E-state index contributed by atoms with van der Waals surface area (Å²) in [6, 6.07) is 0. The number of aliphatic carboxylic acids is 1. The number of rotatable bonds is 19. The Morgan fingerprint density at radius 2 is 1.16 bits per heavy atom. The molecule has 0 bridgehead atoms. The van der Waals surface area contributed by atoms with Crippen molar-refractivity contribution in [3.63, 3.8) is 0 Å². The number of aliphatic hydroxyl groups is 4. The summed E-state index contributed by atoms with van der Waals surface area (Å²) in [7, 11) is 0. The maximum atomic E-state index is 11.5. The van der Waals surface area contributed by atoms with Crippen LogP contribution in [0.15, 0.2) is 46.6 Å². The average molecular weight is 537 g/mol. The molecule has 0 aromatic carbocycles. The van der Waals surface area contributed by atoms with E-state index in [1.807, 2.05) is 6.92 Å². The lowest BCUT2D eigenvalue weighted by molar-refractivity contribution is -0.175. The van der Waals surface area contributed by atoms with Crippen LogP contribution in [0.3, 0.4) is 0 Å². The van der Waals surface area contributed by atoms with Crippen molar-refractivity contribution in [2.45, 2.75) is 149 Å². The molecule has 220 valence electrons. The van der Waals surface area contributed by atoms with Gasteiger partial charge in [-0.1, -0.05) is 46.6 Å². The van der Waals surface area contributed by atoms with Gasteiger partial charge in [-0.15, -0.1) is 0 Å². The predicted molar refractivity (Wildman–Crippen MR) is 157 cm³/mol. The van der Waals surface area contributed by atoms with Crippen molar-refractivity contribution in [3.05, 3.63) is 46.6 Å². The highest BCUT2D eigenvalue weighted by Crippen LogP contribution is 2.36. The number of carbonyl (C=O) groups is 1. The average Bonchev–Trinajstić information content (AvgIpc) is 2.77. The summed E-state index contributed by atoms with van der Waals surface area (Å²) in [5, 5.41) is 51.6. The molecule has 38 heavy (non-hydrogen) atoms. The molecule has 0 unspecified atom stereocenters. The van der Waals surface area contributed by atoms with E-state index in [1.165, 1.54) is 37.5 Å². The van der Waals surface area contributed by atoms with Gasteiger partial charge in [-0.2, -0.15) is 0 Å². The van der Waals surface area contributed by atoms with Crippen LogP contribution in [0.25, 0.3) is 0 Å². The van der Waals surface area contributed by atoms with Crippen LogP contribution in [-0.4, -0.2) is 54.4 Å². The summed E-state index contributed by atoms with van der Waals surface area (Å²) in [6.07, 6.45) is 13.9. The molecule has 0 aromatic heterocycles. The molecule has 0 heterocycles. The standard InChI is InChI=1S/C32H56O6/c1-24(2)13-11-16-26(4)18-12-17-25(3)14-9-10-15-27(5)19-22-32(38,23-29(34)35)31(8,37)21-20-28(33)30(6,7)36/h13-15,18,28,33,36-38H,9-12,16-17,19-23H2,1-8H3,(H,34,35)/t28-,31-,32+/m1/s1. The summed E-state index contributed by atoms with van der Waals surface area (Å²) in [4.78, 5) is 11.5. The van der Waals surface area contributed by atoms with E-state index in [-0.39, 0.29) is 19.3 Å². The molecular weight excluding hydrogens is 480 g/mol. The first-order valence-electron chi connectivity index (χ1n) is 14.1. The van der Waals surface area contributed by atoms with Gasteiger partial charge >= 0.3 is 5.97 Å². The normalized spacial score (nSPS) is 17.5. The van der Waals surface area contributed by atoms with E-state index in [1.54, 1.807) is 0 Å². The molecule has 0 saturated heterocycles. The van der Waals surface area contributed by atoms with Crippen LogP contribution < -0.4 is 0 Å². The first-order chi connectivity index (χ1) is 17.4. The predicted octanol–water partition coefficient (Wildman–Crippen LogP) is 6.78. The molecular formula is C32H56O6. The quantitative estimate of drug-likeness (QED) is 0.0917. The van der Waals surface area contributed by atoms with Gasteiger partial charge in [0.05, 0.1) is 23.7 Å². The minimum absolute atomic E-state index is 0.0319. The van der Waals surface area contributed by atoms with E-state index < -0.39 is 35.3 Å². The van der Waals surface area contributed by atoms with Crippen LogP contribution in [-0.2, 0) is 4.79 Å². The molecule has 0 radical (unpaired) electrons. The summed E-state index contributed by atoms with van der Waals surface area (Å²) in [5.41, 5.74) is 0.240. The van der Waals surface area contributed by atoms with E-state index in [0.29, 0.717) is 6.42 Å². The Morgan fingerprint density at radius 3 is 1.61 bits per heavy atom. The second-order valence-corrected chi connectivity index (χ2v) is 12.2. The highest BCUT2D eigenvalue weighted by atomic mass is 16.4. The fourth-order valence-electron chi connectivity index (χ4n) is 4.31. The van der Waals surface area contributed by atoms with Gasteiger partial charge in [0.25, 0.3) is 0 Å². The number of carboxylic acids is 1. The fourth-order valence-corrected chi connectivity index (χ4v) is 4.31. The maximum Gasteiger partial charge on any atom is 0.306 e. The monoisotopic (exact) mass is 536 g/mol. The first-order valence-corrected chi connectivity index (χ1v) is 14.1. The van der Waals surface area contributed by atoms with E-state index in [9.17, 15) is 30.3 Å². The molecule has 0 aliphatic carbocycles. The number of carboxylic acid groups (broad SMARTS) is 1. The van der Waals surface area contributed by atoms with Crippen molar-refractivity contribution in [2.75, 3.05) is 0 Å². The SMILES string of the molecule is CC(C)=CCCC(C)=CCCC(C)=CCCC=C(C)CC[C@](O)(CC(=O)O)[C@](C)(O)CC[C@@H](O)C(C)(C)O. The number of allylic oxidation sites excluding steroid dienone is 8. The number of aliphatic hydroxyl groups excluding tert-OH is 1. The Hall–Kier alpha value is -1.73. The lowest BCUT2D eigenvalue weighted by Crippen LogP contribution is -2.54. The second kappa shape index (κ2) is 17.1. The molecule has 0 saturated carbocycles. The third kappa shape index (κ3) is 15.6. The largest absolute Gasteiger partial charge is 0.481 e. The van der Waals surface area contributed by atoms with Crippen molar-refractivity contribution in [1.29, 1.82) is 0 Å². The molecule has 0 fully saturated rings.